The van der Waals surface area contributed by atoms with E-state index < -0.39 is 0 Å². The maximum Gasteiger partial charge on any atom is 0.224 e. The molecule has 3 heteroatoms. The molecular weight excluding hydrogens is 228 g/mol. The van der Waals surface area contributed by atoms with Crippen molar-refractivity contribution in [2.24, 2.45) is 0 Å². The van der Waals surface area contributed by atoms with Crippen molar-refractivity contribution in [1.29, 1.82) is 0 Å². The molecule has 0 fully saturated rings. The summed E-state index contributed by atoms with van der Waals surface area (Å²) in [6, 6.07) is 0. The zero-order valence-corrected chi connectivity index (χ0v) is 10.7. The molecular formula is C15H16O3. The lowest BCUT2D eigenvalue weighted by Gasteiger charge is -2.08. The molecule has 0 saturated heterocycles. The lowest BCUT2D eigenvalue weighted by molar-refractivity contribution is 0.0960. The Kier molecular flexibility index (Phi) is 3.32. The van der Waals surface area contributed by atoms with Crippen LogP contribution in [0.5, 0.6) is 0 Å². The Morgan fingerprint density at radius 2 is 2.00 bits per heavy atom. The minimum absolute atomic E-state index is 0.0794. The first kappa shape index (κ1) is 12.6. The van der Waals surface area contributed by atoms with Crippen molar-refractivity contribution in [3.8, 4) is 0 Å². The van der Waals surface area contributed by atoms with Gasteiger partial charge in [0.25, 0.3) is 0 Å². The molecule has 0 saturated carbocycles. The van der Waals surface area contributed by atoms with Gasteiger partial charge in [0, 0.05) is 6.42 Å². The Balaban J connectivity index is 2.55. The molecule has 3 nitrogen and oxygen atoms in total. The number of aryl methyl sites for hydroxylation is 1. The highest BCUT2D eigenvalue weighted by molar-refractivity contribution is 6.14. The number of furan rings is 1. The smallest absolute Gasteiger partial charge is 0.224 e. The molecule has 0 aromatic carbocycles. The number of ketones is 2. The Hall–Kier alpha value is -1.90. The third kappa shape index (κ3) is 2.21. The van der Waals surface area contributed by atoms with Crippen molar-refractivity contribution >= 4 is 11.6 Å². The van der Waals surface area contributed by atoms with Crippen LogP contribution in [0.2, 0.25) is 0 Å². The van der Waals surface area contributed by atoms with E-state index in [-0.39, 0.29) is 23.7 Å². The molecule has 1 aromatic rings. The van der Waals surface area contributed by atoms with E-state index in [1.165, 1.54) is 6.26 Å². The first-order chi connectivity index (χ1) is 8.50. The van der Waals surface area contributed by atoms with Gasteiger partial charge in [0.15, 0.2) is 11.5 Å². The highest BCUT2D eigenvalue weighted by Crippen LogP contribution is 2.25. The van der Waals surface area contributed by atoms with Crippen LogP contribution >= 0.6 is 0 Å². The number of Topliss-reactive ketones (excluding diaryl/α,β-unsaturated/α-hetero) is 2. The second kappa shape index (κ2) is 4.77. The van der Waals surface area contributed by atoms with Crippen LogP contribution in [0.15, 0.2) is 34.5 Å². The van der Waals surface area contributed by atoms with E-state index in [0.29, 0.717) is 16.7 Å². The first-order valence-corrected chi connectivity index (χ1v) is 6.00. The summed E-state index contributed by atoms with van der Waals surface area (Å²) in [4.78, 5) is 24.3. The van der Waals surface area contributed by atoms with Crippen LogP contribution in [0, 0.1) is 6.92 Å². The normalized spacial score (nSPS) is 20.3. The third-order valence-corrected chi connectivity index (χ3v) is 3.18. The molecule has 18 heavy (non-hydrogen) atoms. The van der Waals surface area contributed by atoms with Crippen LogP contribution in [0.1, 0.15) is 52.7 Å². The average Bonchev–Trinajstić information content (AvgIpc) is 2.69. The topological polar surface area (TPSA) is 47.3 Å². The van der Waals surface area contributed by atoms with Crippen LogP contribution in [0.4, 0.5) is 0 Å². The van der Waals surface area contributed by atoms with E-state index in [1.807, 2.05) is 6.08 Å². The lowest BCUT2D eigenvalue weighted by Crippen LogP contribution is -2.10. The van der Waals surface area contributed by atoms with Gasteiger partial charge in [0.2, 0.25) is 5.78 Å². The Bertz CT molecular complexity index is 558. The summed E-state index contributed by atoms with van der Waals surface area (Å²) in [7, 11) is 0. The number of hydrogen-bond acceptors (Lipinski definition) is 3. The Labute approximate surface area is 106 Å². The Morgan fingerprint density at radius 3 is 2.72 bits per heavy atom. The molecule has 0 bridgehead atoms. The van der Waals surface area contributed by atoms with Gasteiger partial charge in [-0.2, -0.15) is 0 Å². The van der Waals surface area contributed by atoms with E-state index in [4.69, 9.17) is 4.42 Å². The van der Waals surface area contributed by atoms with E-state index in [9.17, 15) is 9.59 Å². The summed E-state index contributed by atoms with van der Waals surface area (Å²) in [5.74, 6) is -0.107. The minimum atomic E-state index is -0.195. The van der Waals surface area contributed by atoms with E-state index in [0.717, 1.165) is 18.4 Å². The van der Waals surface area contributed by atoms with Gasteiger partial charge in [0.1, 0.15) is 0 Å². The quantitative estimate of drug-likeness (QED) is 0.654. The van der Waals surface area contributed by atoms with Crippen molar-refractivity contribution < 1.29 is 14.0 Å². The van der Waals surface area contributed by atoms with Gasteiger partial charge in [-0.05, 0) is 37.8 Å². The largest absolute Gasteiger partial charge is 0.460 e. The molecule has 0 radical (unpaired) electrons. The van der Waals surface area contributed by atoms with Crippen LogP contribution < -0.4 is 0 Å². The number of fused-ring (bicyclic) bond motifs is 1. The summed E-state index contributed by atoms with van der Waals surface area (Å²) >= 11 is 0. The predicted octanol–water partition coefficient (Wildman–Crippen LogP) is 3.64. The second-order valence-electron chi connectivity index (χ2n) is 4.73. The summed E-state index contributed by atoms with van der Waals surface area (Å²) < 4.78 is 5.27. The number of rotatable bonds is 0. The van der Waals surface area contributed by atoms with Gasteiger partial charge in [-0.15, -0.1) is 0 Å². The molecule has 1 aliphatic carbocycles. The molecule has 0 unspecified atom stereocenters. The van der Waals surface area contributed by atoms with E-state index in [1.54, 1.807) is 13.8 Å². The van der Waals surface area contributed by atoms with Crippen molar-refractivity contribution in [2.45, 2.75) is 33.1 Å². The van der Waals surface area contributed by atoms with Crippen molar-refractivity contribution in [3.05, 3.63) is 47.0 Å². The molecule has 0 N–H and O–H groups in total. The van der Waals surface area contributed by atoms with Crippen molar-refractivity contribution in [1.82, 2.24) is 0 Å². The van der Waals surface area contributed by atoms with Gasteiger partial charge in [-0.1, -0.05) is 18.2 Å². The van der Waals surface area contributed by atoms with Crippen molar-refractivity contribution in [2.75, 3.05) is 0 Å². The summed E-state index contributed by atoms with van der Waals surface area (Å²) in [6.07, 6.45) is 5.11. The summed E-state index contributed by atoms with van der Waals surface area (Å²) in [5.41, 5.74) is 2.64. The molecule has 94 valence electrons. The molecule has 0 spiro atoms. The van der Waals surface area contributed by atoms with Gasteiger partial charge in [-0.25, -0.2) is 0 Å². The number of carbonyl (C=O) groups is 2. The fraction of sp³-hybridized carbons (Fsp3) is 0.333. The van der Waals surface area contributed by atoms with E-state index >= 15 is 0 Å². The maximum absolute atomic E-state index is 12.2. The zero-order valence-electron chi connectivity index (χ0n) is 10.7. The number of hydrogen-bond donors (Lipinski definition) is 0. The van der Waals surface area contributed by atoms with E-state index in [2.05, 4.69) is 6.58 Å². The third-order valence-electron chi connectivity index (χ3n) is 3.18. The molecule has 0 amide bonds. The first-order valence-electron chi connectivity index (χ1n) is 6.00. The van der Waals surface area contributed by atoms with Gasteiger partial charge in [0.05, 0.1) is 11.8 Å². The zero-order chi connectivity index (χ0) is 13.3. The van der Waals surface area contributed by atoms with Crippen LogP contribution in [-0.2, 0) is 0 Å². The second-order valence-corrected chi connectivity index (χ2v) is 4.73. The summed E-state index contributed by atoms with van der Waals surface area (Å²) in [6.45, 7) is 7.43. The summed E-state index contributed by atoms with van der Waals surface area (Å²) in [5, 5.41) is 0. The predicted molar refractivity (Wildman–Crippen MR) is 68.9 cm³/mol. The van der Waals surface area contributed by atoms with Gasteiger partial charge in [-0.3, -0.25) is 9.59 Å². The average molecular weight is 244 g/mol. The lowest BCUT2D eigenvalue weighted by atomic mass is 9.94. The van der Waals surface area contributed by atoms with Gasteiger partial charge < -0.3 is 4.42 Å². The highest BCUT2D eigenvalue weighted by Gasteiger charge is 2.25. The molecule has 1 aliphatic rings. The van der Waals surface area contributed by atoms with Gasteiger partial charge >= 0.3 is 0 Å². The fourth-order valence-corrected chi connectivity index (χ4v) is 2.13. The highest BCUT2D eigenvalue weighted by atomic mass is 16.3. The molecule has 1 heterocycles. The molecule has 2 rings (SSSR count). The minimum Gasteiger partial charge on any atom is -0.460 e. The fourth-order valence-electron chi connectivity index (χ4n) is 2.13. The Morgan fingerprint density at radius 1 is 1.28 bits per heavy atom. The van der Waals surface area contributed by atoms with Crippen LogP contribution in [-0.4, -0.2) is 11.6 Å². The maximum atomic E-state index is 12.2. The van der Waals surface area contributed by atoms with Crippen LogP contribution in [0.3, 0.4) is 0 Å². The molecule has 0 aliphatic heterocycles. The van der Waals surface area contributed by atoms with Crippen molar-refractivity contribution in [3.63, 3.8) is 0 Å². The number of allylic oxidation sites excluding steroid dienone is 3. The monoisotopic (exact) mass is 244 g/mol. The number of carbonyl (C=O) groups excluding carboxylic acids is 2. The standard InChI is InChI=1S/C15H16O3/c1-9-5-4-6-10(2)14(17)15-13(12(16)7-9)11(3)8-18-15/h6,8H,1,4-5,7H2,2-3H3/b10-6+. The molecule has 1 aromatic heterocycles. The molecule has 0 atom stereocenters. The van der Waals surface area contributed by atoms with Crippen LogP contribution in [0.25, 0.3) is 0 Å². The SMILES string of the molecule is C=C1CC/C=C(\C)C(=O)c2occ(C)c2C(=O)C1.